The highest BCUT2D eigenvalue weighted by molar-refractivity contribution is 5.93. The summed E-state index contributed by atoms with van der Waals surface area (Å²) in [4.78, 5) is 31.9. The molecule has 2 fully saturated rings. The molecule has 2 aliphatic heterocycles. The van der Waals surface area contributed by atoms with Crippen LogP contribution in [0, 0.1) is 11.3 Å². The van der Waals surface area contributed by atoms with Gasteiger partial charge in [-0.05, 0) is 37.6 Å². The van der Waals surface area contributed by atoms with Gasteiger partial charge in [0.1, 0.15) is 0 Å². The van der Waals surface area contributed by atoms with Crippen LogP contribution in [0.2, 0.25) is 0 Å². The first-order valence-electron chi connectivity index (χ1n) is 10.8. The number of piperidine rings is 1. The minimum Gasteiger partial charge on any atom is -0.342 e. The van der Waals surface area contributed by atoms with Crippen LogP contribution in [-0.2, 0) is 16.1 Å². The predicted octanol–water partition coefficient (Wildman–Crippen LogP) is 2.66. The molecule has 6 heteroatoms. The smallest absolute Gasteiger partial charge is 0.227 e. The van der Waals surface area contributed by atoms with Gasteiger partial charge in [0.05, 0.1) is 0 Å². The molecule has 2 amide bonds. The van der Waals surface area contributed by atoms with Crippen LogP contribution in [0.3, 0.4) is 0 Å². The Bertz CT molecular complexity index is 712. The standard InChI is InChI=1S/C23H36N4O2/c1-23(2,3)22(29)27-10-8-19(9-11-27)21(28)24-20-7-5-6-18(16-20)17-26-14-12-25(4)13-15-26/h5-7,16,19H,8-15,17H2,1-4H3,(H,24,28). The van der Waals surface area contributed by atoms with E-state index < -0.39 is 0 Å². The first kappa shape index (κ1) is 21.8. The minimum absolute atomic E-state index is 0.0275. The number of anilines is 1. The highest BCUT2D eigenvalue weighted by atomic mass is 16.2. The Balaban J connectivity index is 1.50. The SMILES string of the molecule is CN1CCN(Cc2cccc(NC(=O)C3CCN(C(=O)C(C)(C)C)CC3)c2)CC1. The number of benzene rings is 1. The van der Waals surface area contributed by atoms with Crippen molar-refractivity contribution in [3.05, 3.63) is 29.8 Å². The Morgan fingerprint density at radius 1 is 1.03 bits per heavy atom. The van der Waals surface area contributed by atoms with Crippen molar-refractivity contribution in [2.75, 3.05) is 51.6 Å². The third kappa shape index (κ3) is 6.03. The van der Waals surface area contributed by atoms with Crippen molar-refractivity contribution in [2.45, 2.75) is 40.2 Å². The zero-order valence-corrected chi connectivity index (χ0v) is 18.4. The number of carbonyl (C=O) groups is 2. The molecule has 0 bridgehead atoms. The Labute approximate surface area is 175 Å². The number of rotatable bonds is 4. The van der Waals surface area contributed by atoms with E-state index in [0.29, 0.717) is 13.1 Å². The van der Waals surface area contributed by atoms with Crippen LogP contribution < -0.4 is 5.32 Å². The van der Waals surface area contributed by atoms with Crippen LogP contribution in [0.15, 0.2) is 24.3 Å². The quantitative estimate of drug-likeness (QED) is 0.844. The van der Waals surface area contributed by atoms with Crippen molar-refractivity contribution in [3.8, 4) is 0 Å². The average Bonchev–Trinajstić information content (AvgIpc) is 2.69. The number of hydrogen-bond acceptors (Lipinski definition) is 4. The average molecular weight is 401 g/mol. The maximum absolute atomic E-state index is 12.7. The van der Waals surface area contributed by atoms with Crippen LogP contribution in [0.4, 0.5) is 5.69 Å². The fraction of sp³-hybridized carbons (Fsp3) is 0.652. The molecule has 2 heterocycles. The maximum atomic E-state index is 12.7. The number of hydrogen-bond donors (Lipinski definition) is 1. The van der Waals surface area contributed by atoms with Crippen molar-refractivity contribution in [1.82, 2.24) is 14.7 Å². The number of likely N-dealkylation sites (tertiary alicyclic amines) is 1. The molecule has 0 radical (unpaired) electrons. The van der Waals surface area contributed by atoms with Crippen LogP contribution >= 0.6 is 0 Å². The summed E-state index contributed by atoms with van der Waals surface area (Å²) < 4.78 is 0. The summed E-state index contributed by atoms with van der Waals surface area (Å²) in [6.45, 7) is 12.5. The highest BCUT2D eigenvalue weighted by Gasteiger charge is 2.32. The van der Waals surface area contributed by atoms with Crippen molar-refractivity contribution >= 4 is 17.5 Å². The van der Waals surface area contributed by atoms with E-state index in [1.807, 2.05) is 37.8 Å². The Kier molecular flexibility index (Phi) is 6.96. The second-order valence-electron chi connectivity index (χ2n) is 9.59. The van der Waals surface area contributed by atoms with Gasteiger partial charge in [-0.15, -0.1) is 0 Å². The largest absolute Gasteiger partial charge is 0.342 e. The van der Waals surface area contributed by atoms with Crippen LogP contribution in [0.1, 0.15) is 39.2 Å². The molecule has 3 rings (SSSR count). The monoisotopic (exact) mass is 400 g/mol. The van der Waals surface area contributed by atoms with E-state index in [0.717, 1.165) is 51.3 Å². The first-order valence-corrected chi connectivity index (χ1v) is 10.8. The molecule has 0 aromatic heterocycles. The second kappa shape index (κ2) is 9.26. The van der Waals surface area contributed by atoms with Gasteiger partial charge in [0.25, 0.3) is 0 Å². The first-order chi connectivity index (χ1) is 13.7. The van der Waals surface area contributed by atoms with E-state index in [9.17, 15) is 9.59 Å². The molecule has 1 N–H and O–H groups in total. The normalized spacial score (nSPS) is 19.9. The van der Waals surface area contributed by atoms with E-state index >= 15 is 0 Å². The summed E-state index contributed by atoms with van der Waals surface area (Å²) in [5.41, 5.74) is 1.74. The fourth-order valence-electron chi connectivity index (χ4n) is 4.08. The van der Waals surface area contributed by atoms with Crippen molar-refractivity contribution in [2.24, 2.45) is 11.3 Å². The summed E-state index contributed by atoms with van der Waals surface area (Å²) >= 11 is 0. The van der Waals surface area contributed by atoms with E-state index in [1.165, 1.54) is 5.56 Å². The topological polar surface area (TPSA) is 55.9 Å². The Morgan fingerprint density at radius 3 is 2.31 bits per heavy atom. The second-order valence-corrected chi connectivity index (χ2v) is 9.59. The molecule has 0 aliphatic carbocycles. The molecule has 2 aliphatic rings. The zero-order chi connectivity index (χ0) is 21.0. The lowest BCUT2D eigenvalue weighted by atomic mass is 9.90. The lowest BCUT2D eigenvalue weighted by molar-refractivity contribution is -0.142. The molecule has 160 valence electrons. The molecule has 29 heavy (non-hydrogen) atoms. The molecule has 0 saturated carbocycles. The van der Waals surface area contributed by atoms with Gasteiger partial charge >= 0.3 is 0 Å². The third-order valence-corrected chi connectivity index (χ3v) is 5.99. The van der Waals surface area contributed by atoms with Gasteiger partial charge < -0.3 is 15.1 Å². The van der Waals surface area contributed by atoms with Crippen molar-refractivity contribution in [1.29, 1.82) is 0 Å². The highest BCUT2D eigenvalue weighted by Crippen LogP contribution is 2.25. The number of likely N-dealkylation sites (N-methyl/N-ethyl adjacent to an activating group) is 1. The molecule has 6 nitrogen and oxygen atoms in total. The maximum Gasteiger partial charge on any atom is 0.227 e. The van der Waals surface area contributed by atoms with Gasteiger partial charge in [0.2, 0.25) is 11.8 Å². The van der Waals surface area contributed by atoms with E-state index in [-0.39, 0.29) is 23.1 Å². The van der Waals surface area contributed by atoms with E-state index in [1.54, 1.807) is 0 Å². The van der Waals surface area contributed by atoms with E-state index in [4.69, 9.17) is 0 Å². The number of amides is 2. The fourth-order valence-corrected chi connectivity index (χ4v) is 4.08. The minimum atomic E-state index is -0.362. The summed E-state index contributed by atoms with van der Waals surface area (Å²) in [7, 11) is 2.16. The van der Waals surface area contributed by atoms with Crippen molar-refractivity contribution in [3.63, 3.8) is 0 Å². The lowest BCUT2D eigenvalue weighted by Gasteiger charge is -2.35. The van der Waals surface area contributed by atoms with Gasteiger partial charge in [-0.2, -0.15) is 0 Å². The lowest BCUT2D eigenvalue weighted by Crippen LogP contribution is -2.45. The van der Waals surface area contributed by atoms with Crippen molar-refractivity contribution < 1.29 is 9.59 Å². The van der Waals surface area contributed by atoms with Crippen LogP contribution in [0.5, 0.6) is 0 Å². The molecule has 0 atom stereocenters. The number of piperazine rings is 1. The predicted molar refractivity (Wildman–Crippen MR) is 117 cm³/mol. The molecule has 0 spiro atoms. The van der Waals surface area contributed by atoms with Gasteiger partial charge in [-0.25, -0.2) is 0 Å². The van der Waals surface area contributed by atoms with Gasteiger partial charge in [0, 0.05) is 62.8 Å². The molecule has 0 unspecified atom stereocenters. The van der Waals surface area contributed by atoms with Gasteiger partial charge in [-0.3, -0.25) is 14.5 Å². The van der Waals surface area contributed by atoms with E-state index in [2.05, 4.69) is 34.3 Å². The van der Waals surface area contributed by atoms with Gasteiger partial charge in [-0.1, -0.05) is 32.9 Å². The summed E-state index contributed by atoms with van der Waals surface area (Å²) in [6.07, 6.45) is 1.46. The summed E-state index contributed by atoms with van der Waals surface area (Å²) in [6, 6.07) is 8.20. The van der Waals surface area contributed by atoms with Crippen LogP contribution in [0.25, 0.3) is 0 Å². The number of nitrogens with one attached hydrogen (secondary N) is 1. The zero-order valence-electron chi connectivity index (χ0n) is 18.4. The number of nitrogens with zero attached hydrogens (tertiary/aromatic N) is 3. The molecular formula is C23H36N4O2. The summed E-state index contributed by atoms with van der Waals surface area (Å²) in [5, 5.41) is 3.10. The summed E-state index contributed by atoms with van der Waals surface area (Å²) in [5.74, 6) is 0.220. The third-order valence-electron chi connectivity index (χ3n) is 5.99. The molecule has 2 saturated heterocycles. The van der Waals surface area contributed by atoms with Crippen LogP contribution in [-0.4, -0.2) is 72.8 Å². The Morgan fingerprint density at radius 2 is 1.69 bits per heavy atom. The molecule has 1 aromatic rings. The Hall–Kier alpha value is -1.92. The van der Waals surface area contributed by atoms with Gasteiger partial charge in [0.15, 0.2) is 0 Å². The molecule has 1 aromatic carbocycles. The molecular weight excluding hydrogens is 364 g/mol. The number of carbonyl (C=O) groups excluding carboxylic acids is 2.